The second kappa shape index (κ2) is 9.38. The van der Waals surface area contributed by atoms with Crippen LogP contribution in [-0.4, -0.2) is 32.9 Å². The van der Waals surface area contributed by atoms with Crippen molar-refractivity contribution >= 4 is 54.3 Å². The summed E-state index contributed by atoms with van der Waals surface area (Å²) in [4.78, 5) is 24.2. The number of hydrogen-bond acceptors (Lipinski definition) is 5. The van der Waals surface area contributed by atoms with Crippen molar-refractivity contribution in [1.82, 2.24) is 4.72 Å². The number of hydrogen-bond donors (Lipinski definition) is 2. The molecule has 9 heteroatoms. The fourth-order valence-electron chi connectivity index (χ4n) is 2.64. The van der Waals surface area contributed by atoms with E-state index < -0.39 is 34.5 Å². The van der Waals surface area contributed by atoms with E-state index in [1.807, 2.05) is 18.2 Å². The molecule has 0 aliphatic carbocycles. The van der Waals surface area contributed by atoms with Crippen molar-refractivity contribution < 1.29 is 22.7 Å². The smallest absolute Gasteiger partial charge is 0.321 e. The Labute approximate surface area is 182 Å². The second-order valence-corrected chi connectivity index (χ2v) is 9.14. The van der Waals surface area contributed by atoms with Gasteiger partial charge in [0.2, 0.25) is 10.0 Å². The molecule has 0 saturated carbocycles. The highest BCUT2D eigenvalue weighted by Crippen LogP contribution is 2.19. The van der Waals surface area contributed by atoms with Gasteiger partial charge in [0.05, 0.1) is 4.90 Å². The van der Waals surface area contributed by atoms with Crippen molar-refractivity contribution in [2.45, 2.75) is 17.9 Å². The van der Waals surface area contributed by atoms with Crippen molar-refractivity contribution in [3.63, 3.8) is 0 Å². The average Bonchev–Trinajstić information content (AvgIpc) is 2.73. The zero-order valence-electron chi connectivity index (χ0n) is 16.0. The number of anilines is 1. The first-order valence-corrected chi connectivity index (χ1v) is 11.3. The van der Waals surface area contributed by atoms with E-state index in [4.69, 9.17) is 4.74 Å². The molecular formula is C21H19BrN2O5S. The van der Waals surface area contributed by atoms with Crippen LogP contribution in [0.5, 0.6) is 0 Å². The lowest BCUT2D eigenvalue weighted by atomic mass is 10.1. The lowest BCUT2D eigenvalue weighted by Gasteiger charge is -2.14. The van der Waals surface area contributed by atoms with E-state index in [9.17, 15) is 18.0 Å². The Balaban J connectivity index is 1.55. The standard InChI is InChI=1S/C21H19BrN2O5S/c1-14(21(26)24-18-9-7-17(22)8-10-18)29-20(25)13-23-30(27,28)19-11-6-15-4-2-3-5-16(15)12-19/h2-12,14,23H,13H2,1H3,(H,24,26)/t14-/m1/s1. The fourth-order valence-corrected chi connectivity index (χ4v) is 3.91. The Morgan fingerprint density at radius 1 is 1.00 bits per heavy atom. The van der Waals surface area contributed by atoms with Crippen molar-refractivity contribution in [3.05, 3.63) is 71.2 Å². The molecule has 3 aromatic carbocycles. The molecule has 3 rings (SSSR count). The summed E-state index contributed by atoms with van der Waals surface area (Å²) < 4.78 is 33.0. The quantitative estimate of drug-likeness (QED) is 0.493. The summed E-state index contributed by atoms with van der Waals surface area (Å²) in [6.07, 6.45) is -1.09. The van der Waals surface area contributed by atoms with E-state index >= 15 is 0 Å². The number of ether oxygens (including phenoxy) is 1. The molecule has 0 heterocycles. The lowest BCUT2D eigenvalue weighted by Crippen LogP contribution is -2.35. The maximum absolute atomic E-state index is 12.5. The largest absolute Gasteiger partial charge is 0.452 e. The minimum absolute atomic E-state index is 0.0371. The molecule has 3 aromatic rings. The molecule has 0 fully saturated rings. The van der Waals surface area contributed by atoms with Gasteiger partial charge >= 0.3 is 5.97 Å². The number of halogens is 1. The number of carbonyl (C=O) groups excluding carboxylic acids is 2. The summed E-state index contributed by atoms with van der Waals surface area (Å²) in [5.41, 5.74) is 0.545. The fraction of sp³-hybridized carbons (Fsp3) is 0.143. The predicted octanol–water partition coefficient (Wildman–Crippen LogP) is 3.45. The molecular weight excluding hydrogens is 472 g/mol. The van der Waals surface area contributed by atoms with Crippen LogP contribution in [0.25, 0.3) is 10.8 Å². The van der Waals surface area contributed by atoms with Gasteiger partial charge in [-0.1, -0.05) is 46.3 Å². The Bertz CT molecular complexity index is 1180. The number of sulfonamides is 1. The van der Waals surface area contributed by atoms with Gasteiger partial charge in [-0.05, 0) is 54.1 Å². The minimum atomic E-state index is -3.91. The average molecular weight is 491 g/mol. The molecule has 0 aromatic heterocycles. The van der Waals surface area contributed by atoms with Crippen LogP contribution in [0.2, 0.25) is 0 Å². The molecule has 7 nitrogen and oxygen atoms in total. The third-order valence-corrected chi connectivity index (χ3v) is 6.15. The van der Waals surface area contributed by atoms with E-state index in [0.717, 1.165) is 15.2 Å². The number of esters is 1. The molecule has 0 spiro atoms. The number of benzene rings is 3. The van der Waals surface area contributed by atoms with Gasteiger partial charge in [-0.15, -0.1) is 0 Å². The van der Waals surface area contributed by atoms with Crippen LogP contribution in [0, 0.1) is 0 Å². The first-order valence-electron chi connectivity index (χ1n) is 8.99. The van der Waals surface area contributed by atoms with Crippen LogP contribution in [-0.2, 0) is 24.3 Å². The van der Waals surface area contributed by atoms with Gasteiger partial charge in [-0.2, -0.15) is 4.72 Å². The molecule has 156 valence electrons. The highest BCUT2D eigenvalue weighted by molar-refractivity contribution is 9.10. The maximum Gasteiger partial charge on any atom is 0.321 e. The molecule has 0 aliphatic heterocycles. The Hall–Kier alpha value is -2.75. The van der Waals surface area contributed by atoms with E-state index in [2.05, 4.69) is 26.0 Å². The lowest BCUT2D eigenvalue weighted by molar-refractivity contribution is -0.151. The number of nitrogens with one attached hydrogen (secondary N) is 2. The summed E-state index contributed by atoms with van der Waals surface area (Å²) in [6, 6.07) is 18.9. The number of fused-ring (bicyclic) bond motifs is 1. The Kier molecular flexibility index (Phi) is 6.86. The summed E-state index contributed by atoms with van der Waals surface area (Å²) in [5.74, 6) is -1.39. The van der Waals surface area contributed by atoms with Crippen LogP contribution in [0.15, 0.2) is 76.1 Å². The molecule has 30 heavy (non-hydrogen) atoms. The summed E-state index contributed by atoms with van der Waals surface area (Å²) in [6.45, 7) is 0.814. The predicted molar refractivity (Wildman–Crippen MR) is 117 cm³/mol. The highest BCUT2D eigenvalue weighted by atomic mass is 79.9. The van der Waals surface area contributed by atoms with E-state index in [1.54, 1.807) is 36.4 Å². The van der Waals surface area contributed by atoms with Gasteiger partial charge in [-0.25, -0.2) is 8.42 Å². The topological polar surface area (TPSA) is 102 Å². The zero-order valence-corrected chi connectivity index (χ0v) is 18.4. The van der Waals surface area contributed by atoms with Crippen LogP contribution in [0.4, 0.5) is 5.69 Å². The molecule has 0 unspecified atom stereocenters. The van der Waals surface area contributed by atoms with Crippen LogP contribution >= 0.6 is 15.9 Å². The molecule has 0 bridgehead atoms. The molecule has 0 saturated heterocycles. The number of amides is 1. The molecule has 0 radical (unpaired) electrons. The van der Waals surface area contributed by atoms with Crippen LogP contribution in [0.3, 0.4) is 0 Å². The van der Waals surface area contributed by atoms with Gasteiger partial charge < -0.3 is 10.1 Å². The third-order valence-electron chi connectivity index (χ3n) is 4.23. The summed E-state index contributed by atoms with van der Waals surface area (Å²) in [7, 11) is -3.91. The highest BCUT2D eigenvalue weighted by Gasteiger charge is 2.21. The first-order chi connectivity index (χ1) is 14.2. The number of rotatable bonds is 7. The van der Waals surface area contributed by atoms with Gasteiger partial charge in [0.15, 0.2) is 6.10 Å². The SMILES string of the molecule is C[C@@H](OC(=O)CNS(=O)(=O)c1ccc2ccccc2c1)C(=O)Nc1ccc(Br)cc1. The van der Waals surface area contributed by atoms with Crippen molar-refractivity contribution in [3.8, 4) is 0 Å². The van der Waals surface area contributed by atoms with Gasteiger partial charge in [0.1, 0.15) is 6.54 Å². The summed E-state index contributed by atoms with van der Waals surface area (Å²) >= 11 is 3.30. The van der Waals surface area contributed by atoms with Gasteiger partial charge in [0.25, 0.3) is 5.91 Å². The van der Waals surface area contributed by atoms with Crippen molar-refractivity contribution in [2.75, 3.05) is 11.9 Å². The van der Waals surface area contributed by atoms with E-state index in [0.29, 0.717) is 5.69 Å². The van der Waals surface area contributed by atoms with Crippen LogP contribution < -0.4 is 10.0 Å². The second-order valence-electron chi connectivity index (χ2n) is 6.46. The van der Waals surface area contributed by atoms with Crippen LogP contribution in [0.1, 0.15) is 6.92 Å². The van der Waals surface area contributed by atoms with Gasteiger partial charge in [-0.3, -0.25) is 9.59 Å². The Morgan fingerprint density at radius 3 is 2.37 bits per heavy atom. The van der Waals surface area contributed by atoms with E-state index in [-0.39, 0.29) is 4.90 Å². The first kappa shape index (κ1) is 21.9. The molecule has 1 amide bonds. The van der Waals surface area contributed by atoms with Crippen molar-refractivity contribution in [1.29, 1.82) is 0 Å². The minimum Gasteiger partial charge on any atom is -0.452 e. The summed E-state index contributed by atoms with van der Waals surface area (Å²) in [5, 5.41) is 4.28. The van der Waals surface area contributed by atoms with Gasteiger partial charge in [0, 0.05) is 10.2 Å². The molecule has 2 N–H and O–H groups in total. The van der Waals surface area contributed by atoms with Crippen molar-refractivity contribution in [2.24, 2.45) is 0 Å². The third kappa shape index (κ3) is 5.65. The molecule has 1 atom stereocenters. The maximum atomic E-state index is 12.5. The number of carbonyl (C=O) groups is 2. The normalized spacial score (nSPS) is 12.3. The van der Waals surface area contributed by atoms with E-state index in [1.165, 1.54) is 19.1 Å². The Morgan fingerprint density at radius 2 is 1.67 bits per heavy atom. The zero-order chi connectivity index (χ0) is 21.7. The monoisotopic (exact) mass is 490 g/mol. The molecule has 0 aliphatic rings.